The maximum absolute atomic E-state index is 12.7. The quantitative estimate of drug-likeness (QED) is 0.573. The summed E-state index contributed by atoms with van der Waals surface area (Å²) in [6.45, 7) is 4.93. The number of carbonyl (C=O) groups is 1. The molecule has 3 aromatic rings. The lowest BCUT2D eigenvalue weighted by atomic mass is 10.2. The number of aromatic nitrogens is 4. The first-order valence-corrected chi connectivity index (χ1v) is 10.9. The minimum atomic E-state index is -3.54. The van der Waals surface area contributed by atoms with Crippen LogP contribution in [-0.2, 0) is 21.4 Å². The van der Waals surface area contributed by atoms with E-state index in [0.29, 0.717) is 43.7 Å². The SMILES string of the molecule is CCN(CC)S(=O)(=O)c1ccc2c(c1)nnn2CCCC(=O)Nc1cccnc1. The molecule has 3 rings (SSSR count). The first kappa shape index (κ1) is 20.9. The van der Waals surface area contributed by atoms with Crippen LogP contribution >= 0.6 is 0 Å². The Morgan fingerprint density at radius 1 is 1.21 bits per heavy atom. The molecule has 2 heterocycles. The lowest BCUT2D eigenvalue weighted by Gasteiger charge is -2.18. The highest BCUT2D eigenvalue weighted by Gasteiger charge is 2.22. The first-order valence-electron chi connectivity index (χ1n) is 9.49. The van der Waals surface area contributed by atoms with Gasteiger partial charge in [-0.15, -0.1) is 5.10 Å². The van der Waals surface area contributed by atoms with Gasteiger partial charge < -0.3 is 5.32 Å². The number of nitrogens with zero attached hydrogens (tertiary/aromatic N) is 5. The number of rotatable bonds is 9. The second-order valence-corrected chi connectivity index (χ2v) is 8.38. The molecule has 154 valence electrons. The van der Waals surface area contributed by atoms with Gasteiger partial charge >= 0.3 is 0 Å². The van der Waals surface area contributed by atoms with Gasteiger partial charge in [0.05, 0.1) is 22.3 Å². The Bertz CT molecular complexity index is 1080. The van der Waals surface area contributed by atoms with Crippen LogP contribution in [0.25, 0.3) is 11.0 Å². The van der Waals surface area contributed by atoms with Crippen LogP contribution < -0.4 is 5.32 Å². The number of nitrogens with one attached hydrogen (secondary N) is 1. The second kappa shape index (κ2) is 9.10. The van der Waals surface area contributed by atoms with E-state index in [9.17, 15) is 13.2 Å². The van der Waals surface area contributed by atoms with Gasteiger partial charge in [0.25, 0.3) is 0 Å². The zero-order chi connectivity index (χ0) is 20.9. The van der Waals surface area contributed by atoms with E-state index >= 15 is 0 Å². The summed E-state index contributed by atoms with van der Waals surface area (Å²) in [6.07, 6.45) is 4.13. The predicted molar refractivity (Wildman–Crippen MR) is 110 cm³/mol. The van der Waals surface area contributed by atoms with Crippen LogP contribution in [0.15, 0.2) is 47.6 Å². The number of pyridine rings is 1. The smallest absolute Gasteiger partial charge is 0.243 e. The van der Waals surface area contributed by atoms with E-state index in [1.54, 1.807) is 61.3 Å². The van der Waals surface area contributed by atoms with Gasteiger partial charge in [-0.3, -0.25) is 9.78 Å². The number of aryl methyl sites for hydroxylation is 1. The van der Waals surface area contributed by atoms with Crippen LogP contribution in [0.3, 0.4) is 0 Å². The van der Waals surface area contributed by atoms with Crippen LogP contribution in [0.4, 0.5) is 5.69 Å². The van der Waals surface area contributed by atoms with Crippen LogP contribution in [0.5, 0.6) is 0 Å². The Morgan fingerprint density at radius 3 is 2.69 bits per heavy atom. The molecule has 0 saturated carbocycles. The summed E-state index contributed by atoms with van der Waals surface area (Å²) in [5.41, 5.74) is 1.90. The van der Waals surface area contributed by atoms with E-state index < -0.39 is 10.0 Å². The van der Waals surface area contributed by atoms with Gasteiger partial charge in [0, 0.05) is 32.3 Å². The van der Waals surface area contributed by atoms with Crippen LogP contribution in [0.1, 0.15) is 26.7 Å². The number of sulfonamides is 1. The lowest BCUT2D eigenvalue weighted by molar-refractivity contribution is -0.116. The fraction of sp³-hybridized carbons (Fsp3) is 0.368. The van der Waals surface area contributed by atoms with E-state index in [4.69, 9.17) is 0 Å². The van der Waals surface area contributed by atoms with E-state index in [0.717, 1.165) is 5.52 Å². The number of anilines is 1. The van der Waals surface area contributed by atoms with Crippen molar-refractivity contribution in [1.82, 2.24) is 24.3 Å². The summed E-state index contributed by atoms with van der Waals surface area (Å²) >= 11 is 0. The molecular weight excluding hydrogens is 392 g/mol. The van der Waals surface area contributed by atoms with E-state index in [2.05, 4.69) is 20.6 Å². The number of fused-ring (bicyclic) bond motifs is 1. The van der Waals surface area contributed by atoms with Crippen molar-refractivity contribution in [2.45, 2.75) is 38.1 Å². The van der Waals surface area contributed by atoms with Gasteiger partial charge in [-0.05, 0) is 36.8 Å². The minimum absolute atomic E-state index is 0.102. The Morgan fingerprint density at radius 2 is 2.00 bits per heavy atom. The van der Waals surface area contributed by atoms with Crippen molar-refractivity contribution in [3.05, 3.63) is 42.7 Å². The summed E-state index contributed by atoms with van der Waals surface area (Å²) in [5.74, 6) is -0.102. The number of hydrogen-bond donors (Lipinski definition) is 1. The standard InChI is InChI=1S/C19H24N6O3S/c1-3-24(4-2)29(27,28)16-9-10-18-17(13-16)22-23-25(18)12-6-8-19(26)21-15-7-5-11-20-14-15/h5,7,9-11,13-14H,3-4,6,8,12H2,1-2H3,(H,21,26). The molecule has 29 heavy (non-hydrogen) atoms. The monoisotopic (exact) mass is 416 g/mol. The van der Waals surface area contributed by atoms with E-state index in [1.807, 2.05) is 0 Å². The molecule has 2 aromatic heterocycles. The highest BCUT2D eigenvalue weighted by Crippen LogP contribution is 2.21. The average Bonchev–Trinajstić information content (AvgIpc) is 3.12. The summed E-state index contributed by atoms with van der Waals surface area (Å²) in [6, 6.07) is 8.36. The fourth-order valence-electron chi connectivity index (χ4n) is 3.04. The van der Waals surface area contributed by atoms with Gasteiger partial charge in [-0.1, -0.05) is 19.1 Å². The molecule has 9 nitrogen and oxygen atoms in total. The second-order valence-electron chi connectivity index (χ2n) is 6.45. The third-order valence-corrected chi connectivity index (χ3v) is 6.59. The van der Waals surface area contributed by atoms with Crippen LogP contribution in [-0.4, -0.2) is 51.7 Å². The molecule has 0 unspecified atom stereocenters. The Hall–Kier alpha value is -2.85. The molecule has 0 saturated heterocycles. The number of benzene rings is 1. The highest BCUT2D eigenvalue weighted by molar-refractivity contribution is 7.89. The lowest BCUT2D eigenvalue weighted by Crippen LogP contribution is -2.30. The van der Waals surface area contributed by atoms with Gasteiger partial charge in [0.1, 0.15) is 5.52 Å². The largest absolute Gasteiger partial charge is 0.325 e. The van der Waals surface area contributed by atoms with Crippen molar-refractivity contribution in [1.29, 1.82) is 0 Å². The summed E-state index contributed by atoms with van der Waals surface area (Å²) in [7, 11) is -3.54. The topological polar surface area (TPSA) is 110 Å². The molecule has 0 fully saturated rings. The molecule has 0 aliphatic carbocycles. The summed E-state index contributed by atoms with van der Waals surface area (Å²) in [4.78, 5) is 16.2. The third kappa shape index (κ3) is 4.77. The van der Waals surface area contributed by atoms with Crippen molar-refractivity contribution in [3.63, 3.8) is 0 Å². The normalized spacial score (nSPS) is 11.8. The Labute approximate surface area is 169 Å². The maximum atomic E-state index is 12.7. The molecular formula is C19H24N6O3S. The van der Waals surface area contributed by atoms with Crippen molar-refractivity contribution in [2.24, 2.45) is 0 Å². The molecule has 0 atom stereocenters. The fourth-order valence-corrected chi connectivity index (χ4v) is 4.52. The molecule has 0 spiro atoms. The van der Waals surface area contributed by atoms with E-state index in [-0.39, 0.29) is 10.8 Å². The van der Waals surface area contributed by atoms with Gasteiger partial charge in [-0.2, -0.15) is 4.31 Å². The maximum Gasteiger partial charge on any atom is 0.243 e. The molecule has 1 N–H and O–H groups in total. The van der Waals surface area contributed by atoms with Crippen molar-refractivity contribution in [2.75, 3.05) is 18.4 Å². The van der Waals surface area contributed by atoms with Gasteiger partial charge in [0.15, 0.2) is 0 Å². The Balaban J connectivity index is 1.65. The summed E-state index contributed by atoms with van der Waals surface area (Å²) < 4.78 is 28.4. The predicted octanol–water partition coefficient (Wildman–Crippen LogP) is 2.28. The van der Waals surface area contributed by atoms with Crippen molar-refractivity contribution < 1.29 is 13.2 Å². The zero-order valence-electron chi connectivity index (χ0n) is 16.4. The molecule has 1 amide bonds. The van der Waals surface area contributed by atoms with Crippen molar-refractivity contribution >= 4 is 32.7 Å². The average molecular weight is 417 g/mol. The molecule has 0 bridgehead atoms. The number of hydrogen-bond acceptors (Lipinski definition) is 6. The van der Waals surface area contributed by atoms with Gasteiger partial charge in [0.2, 0.25) is 15.9 Å². The molecule has 1 aromatic carbocycles. The number of amides is 1. The van der Waals surface area contributed by atoms with Gasteiger partial charge in [-0.25, -0.2) is 13.1 Å². The van der Waals surface area contributed by atoms with E-state index in [1.165, 1.54) is 4.31 Å². The molecule has 0 aliphatic rings. The highest BCUT2D eigenvalue weighted by atomic mass is 32.2. The first-order chi connectivity index (χ1) is 14.0. The summed E-state index contributed by atoms with van der Waals surface area (Å²) in [5, 5.41) is 11.0. The van der Waals surface area contributed by atoms with Crippen LogP contribution in [0.2, 0.25) is 0 Å². The molecule has 0 aliphatic heterocycles. The Kier molecular flexibility index (Phi) is 6.55. The van der Waals surface area contributed by atoms with Crippen molar-refractivity contribution in [3.8, 4) is 0 Å². The van der Waals surface area contributed by atoms with Crippen LogP contribution in [0, 0.1) is 0 Å². The number of carbonyl (C=O) groups excluding carboxylic acids is 1. The molecule has 10 heteroatoms. The minimum Gasteiger partial charge on any atom is -0.325 e. The third-order valence-electron chi connectivity index (χ3n) is 4.55. The zero-order valence-corrected chi connectivity index (χ0v) is 17.3. The molecule has 0 radical (unpaired) electrons.